The molecule has 3 rings (SSSR count). The fourth-order valence-corrected chi connectivity index (χ4v) is 3.49. The molecule has 0 radical (unpaired) electrons. The van der Waals surface area contributed by atoms with Crippen LogP contribution >= 0.6 is 0 Å². The number of guanidine groups is 1. The Hall–Kier alpha value is -1.89. The monoisotopic (exact) mass is 332 g/mol. The summed E-state index contributed by atoms with van der Waals surface area (Å²) in [5.74, 6) is 2.46. The van der Waals surface area contributed by atoms with Gasteiger partial charge in [-0.25, -0.2) is 9.97 Å². The molecule has 2 fully saturated rings. The number of piperazine rings is 1. The fraction of sp³-hybridized carbons (Fsp3) is 0.706. The van der Waals surface area contributed by atoms with Gasteiger partial charge in [0.1, 0.15) is 0 Å². The third kappa shape index (κ3) is 3.95. The second-order valence-corrected chi connectivity index (χ2v) is 6.85. The van der Waals surface area contributed by atoms with Crippen LogP contribution in [0.2, 0.25) is 0 Å². The van der Waals surface area contributed by atoms with Gasteiger partial charge in [-0.05, 0) is 18.4 Å². The number of rotatable bonds is 4. The molecule has 2 unspecified atom stereocenters. The van der Waals surface area contributed by atoms with Gasteiger partial charge in [-0.2, -0.15) is 0 Å². The average molecular weight is 332 g/mol. The summed E-state index contributed by atoms with van der Waals surface area (Å²) >= 11 is 0. The van der Waals surface area contributed by atoms with Crippen LogP contribution < -0.4 is 10.6 Å². The average Bonchev–Trinajstić information content (AvgIpc) is 3.09. The van der Waals surface area contributed by atoms with Gasteiger partial charge >= 0.3 is 0 Å². The molecule has 2 aliphatic rings. The predicted molar refractivity (Wildman–Crippen MR) is 95.0 cm³/mol. The van der Waals surface area contributed by atoms with Crippen molar-refractivity contribution in [2.45, 2.75) is 26.4 Å². The Morgan fingerprint density at radius 3 is 2.67 bits per heavy atom. The summed E-state index contributed by atoms with van der Waals surface area (Å²) in [4.78, 5) is 17.6. The van der Waals surface area contributed by atoms with Gasteiger partial charge in [-0.3, -0.25) is 4.99 Å². The zero-order valence-electron chi connectivity index (χ0n) is 14.6. The predicted octanol–water partition coefficient (Wildman–Crippen LogP) is 0.974. The van der Waals surface area contributed by atoms with Crippen molar-refractivity contribution in [1.29, 1.82) is 0 Å². The van der Waals surface area contributed by atoms with E-state index < -0.39 is 0 Å². The fourth-order valence-electron chi connectivity index (χ4n) is 3.49. The van der Waals surface area contributed by atoms with Crippen LogP contribution in [-0.4, -0.2) is 66.3 Å². The number of aromatic nitrogens is 2. The first-order valence-electron chi connectivity index (χ1n) is 8.83. The molecular weight excluding hydrogens is 304 g/mol. The minimum atomic E-state index is 0.314. The van der Waals surface area contributed by atoms with Gasteiger partial charge in [-0.15, -0.1) is 0 Å². The van der Waals surface area contributed by atoms with Gasteiger partial charge in [-0.1, -0.05) is 13.8 Å². The van der Waals surface area contributed by atoms with Gasteiger partial charge in [0, 0.05) is 57.6 Å². The Kier molecular flexibility index (Phi) is 5.50. The first kappa shape index (κ1) is 17.0. The Morgan fingerprint density at radius 2 is 2.00 bits per heavy atom. The highest BCUT2D eigenvalue weighted by atomic mass is 16.5. The second kappa shape index (κ2) is 7.79. The molecule has 3 heterocycles. The number of ether oxygens (including phenoxy) is 1. The zero-order chi connectivity index (χ0) is 16.9. The molecule has 7 nitrogen and oxygen atoms in total. The van der Waals surface area contributed by atoms with E-state index in [0.717, 1.165) is 51.7 Å². The first-order chi connectivity index (χ1) is 11.6. The van der Waals surface area contributed by atoms with Crippen molar-refractivity contribution in [3.05, 3.63) is 18.5 Å². The van der Waals surface area contributed by atoms with E-state index >= 15 is 0 Å². The maximum atomic E-state index is 6.22. The number of aliphatic imine (C=N–C) groups is 1. The van der Waals surface area contributed by atoms with Crippen LogP contribution in [0.4, 0.5) is 5.95 Å². The van der Waals surface area contributed by atoms with Crippen LogP contribution in [0.15, 0.2) is 23.5 Å². The van der Waals surface area contributed by atoms with E-state index in [9.17, 15) is 0 Å². The van der Waals surface area contributed by atoms with Gasteiger partial charge in [0.05, 0.1) is 6.10 Å². The Bertz CT molecular complexity index is 541. The molecule has 24 heavy (non-hydrogen) atoms. The highest BCUT2D eigenvalue weighted by molar-refractivity contribution is 5.78. The second-order valence-electron chi connectivity index (χ2n) is 6.85. The van der Waals surface area contributed by atoms with E-state index in [4.69, 9.17) is 10.5 Å². The normalized spacial score (nSPS) is 25.5. The molecule has 2 aliphatic heterocycles. The van der Waals surface area contributed by atoms with E-state index in [-0.39, 0.29) is 0 Å². The standard InChI is InChI=1S/C17H28N6O/c1-13(2)15-14(4-11-24-15)12-21-16(18)22-7-9-23(10-8-22)17-19-5-3-6-20-17/h3,5-6,13-15H,4,7-12H2,1-2H3,(H2,18,21). The van der Waals surface area contributed by atoms with Crippen LogP contribution in [0.1, 0.15) is 20.3 Å². The quantitative estimate of drug-likeness (QED) is 0.654. The summed E-state index contributed by atoms with van der Waals surface area (Å²) in [5, 5.41) is 0. The van der Waals surface area contributed by atoms with Crippen molar-refractivity contribution in [1.82, 2.24) is 14.9 Å². The number of hydrogen-bond acceptors (Lipinski definition) is 5. The topological polar surface area (TPSA) is 79.9 Å². The van der Waals surface area contributed by atoms with Gasteiger partial charge in [0.2, 0.25) is 5.95 Å². The molecule has 1 aromatic rings. The number of hydrogen-bond donors (Lipinski definition) is 1. The van der Waals surface area contributed by atoms with Crippen molar-refractivity contribution in [3.63, 3.8) is 0 Å². The summed E-state index contributed by atoms with van der Waals surface area (Å²) < 4.78 is 5.82. The third-order valence-electron chi connectivity index (χ3n) is 4.85. The van der Waals surface area contributed by atoms with Crippen LogP contribution in [0.5, 0.6) is 0 Å². The zero-order valence-corrected chi connectivity index (χ0v) is 14.6. The molecule has 132 valence electrons. The van der Waals surface area contributed by atoms with E-state index in [1.807, 2.05) is 6.07 Å². The molecule has 2 N–H and O–H groups in total. The molecule has 0 amide bonds. The summed E-state index contributed by atoms with van der Waals surface area (Å²) in [5.41, 5.74) is 6.22. The first-order valence-corrected chi connectivity index (χ1v) is 8.83. The highest BCUT2D eigenvalue weighted by Crippen LogP contribution is 2.27. The van der Waals surface area contributed by atoms with Crippen molar-refractivity contribution in [2.75, 3.05) is 44.2 Å². The van der Waals surface area contributed by atoms with Gasteiger partial charge in [0.15, 0.2) is 5.96 Å². The Balaban J connectivity index is 1.50. The van der Waals surface area contributed by atoms with E-state index in [1.54, 1.807) is 12.4 Å². The lowest BCUT2D eigenvalue weighted by Gasteiger charge is -2.35. The molecule has 0 bridgehead atoms. The molecular formula is C17H28N6O. The van der Waals surface area contributed by atoms with Crippen LogP contribution in [0.3, 0.4) is 0 Å². The van der Waals surface area contributed by atoms with Crippen molar-refractivity contribution in [3.8, 4) is 0 Å². The number of nitrogens with zero attached hydrogens (tertiary/aromatic N) is 5. The minimum absolute atomic E-state index is 0.314. The Morgan fingerprint density at radius 1 is 1.29 bits per heavy atom. The summed E-state index contributed by atoms with van der Waals surface area (Å²) in [6.45, 7) is 9.45. The number of anilines is 1. The van der Waals surface area contributed by atoms with E-state index in [0.29, 0.717) is 23.9 Å². The lowest BCUT2D eigenvalue weighted by Crippen LogP contribution is -2.51. The minimum Gasteiger partial charge on any atom is -0.378 e. The van der Waals surface area contributed by atoms with Gasteiger partial charge < -0.3 is 20.3 Å². The smallest absolute Gasteiger partial charge is 0.225 e. The summed E-state index contributed by atoms with van der Waals surface area (Å²) in [7, 11) is 0. The van der Waals surface area contributed by atoms with Crippen molar-refractivity contribution in [2.24, 2.45) is 22.6 Å². The van der Waals surface area contributed by atoms with Gasteiger partial charge in [0.25, 0.3) is 0 Å². The molecule has 1 aromatic heterocycles. The van der Waals surface area contributed by atoms with Crippen molar-refractivity contribution < 1.29 is 4.74 Å². The lowest BCUT2D eigenvalue weighted by molar-refractivity contribution is 0.0558. The van der Waals surface area contributed by atoms with E-state index in [1.165, 1.54) is 0 Å². The molecule has 2 atom stereocenters. The maximum absolute atomic E-state index is 6.22. The lowest BCUT2D eigenvalue weighted by atomic mass is 9.93. The maximum Gasteiger partial charge on any atom is 0.225 e. The number of nitrogens with two attached hydrogens (primary N) is 1. The summed E-state index contributed by atoms with van der Waals surface area (Å²) in [6, 6.07) is 1.83. The van der Waals surface area contributed by atoms with E-state index in [2.05, 4.69) is 38.6 Å². The highest BCUT2D eigenvalue weighted by Gasteiger charge is 2.30. The molecule has 0 saturated carbocycles. The SMILES string of the molecule is CC(C)C1OCCC1CN=C(N)N1CCN(c2ncccn2)CC1. The largest absolute Gasteiger partial charge is 0.378 e. The Labute approximate surface area is 143 Å². The van der Waals surface area contributed by atoms with Crippen LogP contribution in [-0.2, 0) is 4.74 Å². The van der Waals surface area contributed by atoms with Crippen LogP contribution in [0.25, 0.3) is 0 Å². The van der Waals surface area contributed by atoms with Crippen LogP contribution in [0, 0.1) is 11.8 Å². The molecule has 2 saturated heterocycles. The summed E-state index contributed by atoms with van der Waals surface area (Å²) in [6.07, 6.45) is 4.95. The molecule has 0 spiro atoms. The molecule has 0 aliphatic carbocycles. The molecule has 0 aromatic carbocycles. The third-order valence-corrected chi connectivity index (χ3v) is 4.85. The van der Waals surface area contributed by atoms with Crippen molar-refractivity contribution >= 4 is 11.9 Å². The molecule has 7 heteroatoms.